The number of hydrogen-bond acceptors (Lipinski definition) is 2. The van der Waals surface area contributed by atoms with Crippen LogP contribution in [0.15, 0.2) is 11.6 Å². The van der Waals surface area contributed by atoms with Crippen molar-refractivity contribution in [3.8, 4) is 0 Å². The molecule has 0 heterocycles. The van der Waals surface area contributed by atoms with Gasteiger partial charge in [0.25, 0.3) is 0 Å². The molecule has 2 aliphatic carbocycles. The molecule has 13 heavy (non-hydrogen) atoms. The molecule has 3 unspecified atom stereocenters. The predicted molar refractivity (Wildman–Crippen MR) is 50.4 cm³/mol. The smallest absolute Gasteiger partial charge is 0.152 e. The van der Waals surface area contributed by atoms with E-state index in [1.54, 1.807) is 7.11 Å². The van der Waals surface area contributed by atoms with E-state index in [1.165, 1.54) is 5.57 Å². The molecule has 2 aliphatic rings. The Labute approximate surface area is 79.0 Å². The summed E-state index contributed by atoms with van der Waals surface area (Å²) in [6.07, 6.45) is 6.42. The zero-order chi connectivity index (χ0) is 9.47. The third-order valence-electron chi connectivity index (χ3n) is 3.66. The first-order chi connectivity index (χ1) is 6.22. The van der Waals surface area contributed by atoms with E-state index in [-0.39, 0.29) is 0 Å². The lowest BCUT2D eigenvalue weighted by atomic mass is 9.74. The van der Waals surface area contributed by atoms with Crippen LogP contribution in [-0.2, 0) is 9.53 Å². The fourth-order valence-corrected chi connectivity index (χ4v) is 2.85. The summed E-state index contributed by atoms with van der Waals surface area (Å²) in [5.74, 6) is 1.04. The molecule has 0 aliphatic heterocycles. The first-order valence-corrected chi connectivity index (χ1v) is 4.91. The summed E-state index contributed by atoms with van der Waals surface area (Å²) in [6.45, 7) is 2.12. The van der Waals surface area contributed by atoms with Gasteiger partial charge in [-0.3, -0.25) is 0 Å². The van der Waals surface area contributed by atoms with E-state index >= 15 is 0 Å². The van der Waals surface area contributed by atoms with Gasteiger partial charge in [-0.15, -0.1) is 0 Å². The average Bonchev–Trinajstić information content (AvgIpc) is 2.47. The minimum Gasteiger partial charge on any atom is -0.370 e. The van der Waals surface area contributed by atoms with Crippen molar-refractivity contribution in [1.82, 2.24) is 0 Å². The lowest BCUT2D eigenvalue weighted by Gasteiger charge is -2.37. The van der Waals surface area contributed by atoms with Crippen LogP contribution in [0.2, 0.25) is 0 Å². The highest BCUT2D eigenvalue weighted by Crippen LogP contribution is 2.47. The van der Waals surface area contributed by atoms with Crippen molar-refractivity contribution in [3.63, 3.8) is 0 Å². The van der Waals surface area contributed by atoms with Gasteiger partial charge in [-0.25, -0.2) is 0 Å². The van der Waals surface area contributed by atoms with Gasteiger partial charge in [0.15, 0.2) is 6.29 Å². The van der Waals surface area contributed by atoms with E-state index in [1.807, 2.05) is 0 Å². The standard InChI is InChI=1S/C11H16O2/c1-8-5-9-3-4-11(7-12,13-2)10(8)6-9/h5,7,9-10H,3-4,6H2,1-2H3. The topological polar surface area (TPSA) is 26.3 Å². The molecule has 0 spiro atoms. The van der Waals surface area contributed by atoms with Crippen molar-refractivity contribution in [2.75, 3.05) is 7.11 Å². The van der Waals surface area contributed by atoms with Crippen molar-refractivity contribution < 1.29 is 9.53 Å². The largest absolute Gasteiger partial charge is 0.370 e. The van der Waals surface area contributed by atoms with Gasteiger partial charge in [0.05, 0.1) is 0 Å². The highest BCUT2D eigenvalue weighted by Gasteiger charge is 2.47. The Morgan fingerprint density at radius 1 is 1.69 bits per heavy atom. The van der Waals surface area contributed by atoms with Crippen LogP contribution in [-0.4, -0.2) is 19.0 Å². The maximum absolute atomic E-state index is 11.1. The van der Waals surface area contributed by atoms with Gasteiger partial charge in [0.1, 0.15) is 5.60 Å². The van der Waals surface area contributed by atoms with Crippen LogP contribution in [0.1, 0.15) is 26.2 Å². The van der Waals surface area contributed by atoms with E-state index in [2.05, 4.69) is 13.0 Å². The van der Waals surface area contributed by atoms with Crippen LogP contribution in [0, 0.1) is 11.8 Å². The summed E-state index contributed by atoms with van der Waals surface area (Å²) in [7, 11) is 1.65. The minimum atomic E-state index is -0.506. The number of carbonyl (C=O) groups excluding carboxylic acids is 1. The number of rotatable bonds is 2. The van der Waals surface area contributed by atoms with Crippen LogP contribution >= 0.6 is 0 Å². The number of hydrogen-bond donors (Lipinski definition) is 0. The average molecular weight is 180 g/mol. The lowest BCUT2D eigenvalue weighted by Crippen LogP contribution is -2.44. The number of fused-ring (bicyclic) bond motifs is 2. The first-order valence-electron chi connectivity index (χ1n) is 4.91. The molecule has 0 aromatic carbocycles. The number of ether oxygens (including phenoxy) is 1. The molecular formula is C11H16O2. The molecule has 3 atom stereocenters. The molecule has 1 fully saturated rings. The van der Waals surface area contributed by atoms with E-state index in [4.69, 9.17) is 4.74 Å². The molecule has 2 nitrogen and oxygen atoms in total. The maximum Gasteiger partial charge on any atom is 0.152 e. The Morgan fingerprint density at radius 3 is 3.08 bits per heavy atom. The molecule has 0 amide bonds. The Morgan fingerprint density at radius 2 is 2.46 bits per heavy atom. The van der Waals surface area contributed by atoms with Gasteiger partial charge in [-0.2, -0.15) is 0 Å². The Balaban J connectivity index is 2.31. The molecule has 72 valence electrons. The van der Waals surface area contributed by atoms with Crippen LogP contribution in [0.3, 0.4) is 0 Å². The van der Waals surface area contributed by atoms with E-state index in [0.29, 0.717) is 11.8 Å². The Hall–Kier alpha value is -0.630. The third-order valence-corrected chi connectivity index (χ3v) is 3.66. The lowest BCUT2D eigenvalue weighted by molar-refractivity contribution is -0.137. The van der Waals surface area contributed by atoms with Gasteiger partial charge in [0, 0.05) is 13.0 Å². The van der Waals surface area contributed by atoms with Crippen molar-refractivity contribution in [1.29, 1.82) is 0 Å². The summed E-state index contributed by atoms with van der Waals surface area (Å²) >= 11 is 0. The maximum atomic E-state index is 11.1. The van der Waals surface area contributed by atoms with Gasteiger partial charge < -0.3 is 9.53 Å². The molecule has 0 saturated heterocycles. The summed E-state index contributed by atoms with van der Waals surface area (Å²) in [5.41, 5.74) is 0.838. The molecular weight excluding hydrogens is 164 g/mol. The van der Waals surface area contributed by atoms with Gasteiger partial charge in [0.2, 0.25) is 0 Å². The molecule has 1 saturated carbocycles. The highest BCUT2D eigenvalue weighted by molar-refractivity contribution is 5.65. The molecule has 0 radical (unpaired) electrons. The monoisotopic (exact) mass is 180 g/mol. The Kier molecular flexibility index (Phi) is 2.03. The number of methoxy groups -OCH3 is 1. The second-order valence-electron chi connectivity index (χ2n) is 4.27. The van der Waals surface area contributed by atoms with Crippen LogP contribution < -0.4 is 0 Å². The Bertz CT molecular complexity index is 257. The van der Waals surface area contributed by atoms with Crippen molar-refractivity contribution in [3.05, 3.63) is 11.6 Å². The predicted octanol–water partition coefficient (Wildman–Crippen LogP) is 1.95. The molecule has 0 N–H and O–H groups in total. The first kappa shape index (κ1) is 8.95. The normalized spacial score (nSPS) is 43.1. The second-order valence-corrected chi connectivity index (χ2v) is 4.27. The molecule has 2 rings (SSSR count). The van der Waals surface area contributed by atoms with Crippen LogP contribution in [0.4, 0.5) is 0 Å². The number of allylic oxidation sites excluding steroid dienone is 1. The van der Waals surface area contributed by atoms with Crippen molar-refractivity contribution >= 4 is 6.29 Å². The summed E-state index contributed by atoms with van der Waals surface area (Å²) in [4.78, 5) is 11.1. The van der Waals surface area contributed by atoms with Crippen molar-refractivity contribution in [2.45, 2.75) is 31.8 Å². The second kappa shape index (κ2) is 2.95. The SMILES string of the molecule is COC1(C=O)CCC2C=C(C)C1C2. The highest BCUT2D eigenvalue weighted by atomic mass is 16.5. The minimum absolute atomic E-state index is 0.341. The summed E-state index contributed by atoms with van der Waals surface area (Å²) < 4.78 is 5.42. The molecule has 2 heteroatoms. The number of carbonyl (C=O) groups is 1. The zero-order valence-corrected chi connectivity index (χ0v) is 8.25. The van der Waals surface area contributed by atoms with E-state index < -0.39 is 5.60 Å². The summed E-state index contributed by atoms with van der Waals surface area (Å²) in [6, 6.07) is 0. The third kappa shape index (κ3) is 1.16. The molecule has 0 aromatic heterocycles. The van der Waals surface area contributed by atoms with Crippen molar-refractivity contribution in [2.24, 2.45) is 11.8 Å². The van der Waals surface area contributed by atoms with Gasteiger partial charge in [-0.05, 0) is 32.1 Å². The quantitative estimate of drug-likeness (QED) is 0.479. The molecule has 2 bridgehead atoms. The van der Waals surface area contributed by atoms with Gasteiger partial charge in [-0.1, -0.05) is 11.6 Å². The zero-order valence-electron chi connectivity index (χ0n) is 8.25. The van der Waals surface area contributed by atoms with E-state index in [9.17, 15) is 4.79 Å². The fourth-order valence-electron chi connectivity index (χ4n) is 2.85. The fraction of sp³-hybridized carbons (Fsp3) is 0.727. The van der Waals surface area contributed by atoms with E-state index in [0.717, 1.165) is 25.5 Å². The summed E-state index contributed by atoms with van der Waals surface area (Å²) in [5, 5.41) is 0. The van der Waals surface area contributed by atoms with Crippen LogP contribution in [0.25, 0.3) is 0 Å². The van der Waals surface area contributed by atoms with Gasteiger partial charge >= 0.3 is 0 Å². The molecule has 0 aromatic rings. The van der Waals surface area contributed by atoms with Crippen LogP contribution in [0.5, 0.6) is 0 Å². The number of aldehydes is 1.